The van der Waals surface area contributed by atoms with Crippen molar-refractivity contribution in [2.24, 2.45) is 10.8 Å². The average Bonchev–Trinajstić information content (AvgIpc) is 3.82. The number of nitrogens with one attached hydrogen (secondary N) is 3. The van der Waals surface area contributed by atoms with E-state index in [2.05, 4.69) is 50.5 Å². The molecule has 1 aliphatic rings. The molecule has 0 bridgehead atoms. The Bertz CT molecular complexity index is 1700. The summed E-state index contributed by atoms with van der Waals surface area (Å²) in [6, 6.07) is 5.22. The van der Waals surface area contributed by atoms with Crippen molar-refractivity contribution in [3.05, 3.63) is 64.2 Å². The van der Waals surface area contributed by atoms with Gasteiger partial charge in [0.05, 0.1) is 24.0 Å². The minimum Gasteiger partial charge on any atom is -0.480 e. The maximum atomic E-state index is 13.2. The molecule has 47 heavy (non-hydrogen) atoms. The maximum Gasteiger partial charge on any atom is 0.326 e. The zero-order valence-corrected chi connectivity index (χ0v) is 27.4. The normalized spacial score (nSPS) is 17.0. The number of aromatic amines is 1. The van der Waals surface area contributed by atoms with Crippen molar-refractivity contribution in [2.75, 3.05) is 11.1 Å². The van der Waals surface area contributed by atoms with E-state index >= 15 is 0 Å². The van der Waals surface area contributed by atoms with Gasteiger partial charge in [-0.25, -0.2) is 14.8 Å². The Balaban J connectivity index is 1.29. The van der Waals surface area contributed by atoms with Crippen molar-refractivity contribution in [2.45, 2.75) is 97.2 Å². The van der Waals surface area contributed by atoms with E-state index in [1.54, 1.807) is 24.3 Å². The Morgan fingerprint density at radius 2 is 1.83 bits per heavy atom. The summed E-state index contributed by atoms with van der Waals surface area (Å²) in [5.41, 5.74) is 5.24. The summed E-state index contributed by atoms with van der Waals surface area (Å²) >= 11 is 0. The number of amides is 1. The molecule has 3 aromatic rings. The van der Waals surface area contributed by atoms with Gasteiger partial charge in [-0.2, -0.15) is 4.98 Å². The number of nitrogen functional groups attached to an aromatic ring is 1. The first-order valence-electron chi connectivity index (χ1n) is 16.0. The summed E-state index contributed by atoms with van der Waals surface area (Å²) in [4.78, 5) is 64.9. The fraction of sp³-hybridized carbons (Fsp3) is 0.500. The third kappa shape index (κ3) is 9.22. The van der Waals surface area contributed by atoms with Gasteiger partial charge in [-0.3, -0.25) is 19.4 Å². The van der Waals surface area contributed by atoms with Crippen LogP contribution in [-0.4, -0.2) is 59.5 Å². The van der Waals surface area contributed by atoms with Gasteiger partial charge in [-0.15, -0.1) is 0 Å². The number of aliphatic hydroxyl groups is 1. The minimum absolute atomic E-state index is 0.00517. The fourth-order valence-corrected chi connectivity index (χ4v) is 5.64. The van der Waals surface area contributed by atoms with Gasteiger partial charge in [0, 0.05) is 23.1 Å². The average molecular weight is 648 g/mol. The summed E-state index contributed by atoms with van der Waals surface area (Å²) in [7, 11) is 0. The van der Waals surface area contributed by atoms with Crippen molar-refractivity contribution in [3.63, 3.8) is 0 Å². The summed E-state index contributed by atoms with van der Waals surface area (Å²) in [5, 5.41) is 26.0. The lowest BCUT2D eigenvalue weighted by molar-refractivity contribution is -0.139. The Morgan fingerprint density at radius 3 is 2.45 bits per heavy atom. The molecule has 1 amide bonds. The van der Waals surface area contributed by atoms with E-state index in [1.165, 1.54) is 6.20 Å². The van der Waals surface area contributed by atoms with Gasteiger partial charge in [-0.1, -0.05) is 32.9 Å². The van der Waals surface area contributed by atoms with Crippen LogP contribution in [0.5, 0.6) is 0 Å². The molecule has 0 spiro atoms. The van der Waals surface area contributed by atoms with Gasteiger partial charge < -0.3 is 26.6 Å². The van der Waals surface area contributed by atoms with Gasteiger partial charge in [0.15, 0.2) is 11.2 Å². The van der Waals surface area contributed by atoms with Crippen molar-refractivity contribution in [3.8, 4) is 0 Å². The second-order valence-corrected chi connectivity index (χ2v) is 13.2. The van der Waals surface area contributed by atoms with Gasteiger partial charge in [-0.05, 0) is 81.5 Å². The third-order valence-electron chi connectivity index (χ3n) is 9.20. The molecule has 7 N–H and O–H groups in total. The molecule has 1 aromatic carbocycles. The number of fused-ring (bicyclic) bond motifs is 1. The quantitative estimate of drug-likeness (QED) is 0.115. The van der Waals surface area contributed by atoms with Crippen LogP contribution in [0.2, 0.25) is 0 Å². The molecule has 3 atom stereocenters. The molecule has 13 heteroatoms. The van der Waals surface area contributed by atoms with Gasteiger partial charge in [0.2, 0.25) is 5.95 Å². The number of carboxylic acid groups (broad SMARTS) is 1. The van der Waals surface area contributed by atoms with E-state index in [0.717, 1.165) is 19.3 Å². The van der Waals surface area contributed by atoms with Crippen LogP contribution >= 0.6 is 0 Å². The number of hydrogen-bond donors (Lipinski definition) is 6. The summed E-state index contributed by atoms with van der Waals surface area (Å²) in [5.74, 6) is -1.80. The number of anilines is 2. The Morgan fingerprint density at radius 1 is 1.13 bits per heavy atom. The lowest BCUT2D eigenvalue weighted by Crippen LogP contribution is -2.41. The maximum absolute atomic E-state index is 13.2. The number of benzene rings is 1. The molecular weight excluding hydrogens is 602 g/mol. The monoisotopic (exact) mass is 647 g/mol. The zero-order chi connectivity index (χ0) is 34.4. The minimum atomic E-state index is -1.21. The van der Waals surface area contributed by atoms with Gasteiger partial charge >= 0.3 is 5.97 Å². The number of carbonyl (C=O) groups is 3. The number of aliphatic carboxylic acids is 1. The molecule has 252 valence electrons. The van der Waals surface area contributed by atoms with E-state index in [4.69, 9.17) is 5.73 Å². The molecule has 0 saturated heterocycles. The molecule has 0 radical (unpaired) electrons. The van der Waals surface area contributed by atoms with E-state index in [0.29, 0.717) is 30.6 Å². The van der Waals surface area contributed by atoms with E-state index in [-0.39, 0.29) is 53.3 Å². The first kappa shape index (κ1) is 35.2. The van der Waals surface area contributed by atoms with E-state index < -0.39 is 34.5 Å². The Labute approximate surface area is 273 Å². The van der Waals surface area contributed by atoms with Crippen LogP contribution in [0.25, 0.3) is 11.2 Å². The molecule has 0 aliphatic heterocycles. The van der Waals surface area contributed by atoms with Gasteiger partial charge in [0.25, 0.3) is 11.5 Å². The second kappa shape index (κ2) is 14.4. The number of carboxylic acids is 1. The number of nitrogens with two attached hydrogens (primary N) is 1. The number of aromatic nitrogens is 4. The highest BCUT2D eigenvalue weighted by atomic mass is 16.4. The lowest BCUT2D eigenvalue weighted by Gasteiger charge is -2.33. The van der Waals surface area contributed by atoms with Crippen molar-refractivity contribution in [1.82, 2.24) is 25.3 Å². The molecule has 2 heterocycles. The standard InChI is InChI=1S/C34H45N7O6/c1-5-32(3,20-33(4,47)6-2)14-7-15-34(16-17-34)25(42)13-12-24(30(45)46)39-28(43)21-8-10-22(11-9-21)36-18-23-19-37-27-26(38-23)29(44)41-31(35)40-27/h7-11,14,19,24,36,47H,5-6,12-13,15-18,20H2,1-4H3,(H,39,43)(H,45,46)(H3,35,37,40,41,44)/b14-7+/t24-,32?,33?/m0/s1. The molecule has 1 fully saturated rings. The highest BCUT2D eigenvalue weighted by Crippen LogP contribution is 2.51. The number of carbonyl (C=O) groups excluding carboxylic acids is 2. The number of Topliss-reactive ketones (excluding diaryl/α,β-unsaturated/α-hetero) is 1. The summed E-state index contributed by atoms with van der Waals surface area (Å²) in [6.07, 6.45) is 9.92. The van der Waals surface area contributed by atoms with E-state index in [1.807, 2.05) is 19.9 Å². The molecule has 13 nitrogen and oxygen atoms in total. The third-order valence-corrected chi connectivity index (χ3v) is 9.20. The van der Waals surface area contributed by atoms with Crippen molar-refractivity contribution >= 4 is 40.5 Å². The summed E-state index contributed by atoms with van der Waals surface area (Å²) in [6.45, 7) is 8.25. The second-order valence-electron chi connectivity index (χ2n) is 13.2. The highest BCUT2D eigenvalue weighted by molar-refractivity contribution is 5.97. The number of ketones is 1. The number of H-pyrrole nitrogens is 1. The molecule has 1 saturated carbocycles. The van der Waals surface area contributed by atoms with Crippen LogP contribution in [0.4, 0.5) is 11.6 Å². The number of rotatable bonds is 17. The largest absolute Gasteiger partial charge is 0.480 e. The zero-order valence-electron chi connectivity index (χ0n) is 27.4. The van der Waals surface area contributed by atoms with Crippen molar-refractivity contribution < 1.29 is 24.6 Å². The van der Waals surface area contributed by atoms with Crippen LogP contribution in [0.3, 0.4) is 0 Å². The molecular formula is C34H45N7O6. The summed E-state index contributed by atoms with van der Waals surface area (Å²) < 4.78 is 0. The van der Waals surface area contributed by atoms with Gasteiger partial charge in [0.1, 0.15) is 11.8 Å². The lowest BCUT2D eigenvalue weighted by atomic mass is 9.76. The molecule has 4 rings (SSSR count). The fourth-order valence-electron chi connectivity index (χ4n) is 5.64. The molecule has 1 aliphatic carbocycles. The Hall–Kier alpha value is -4.65. The van der Waals surface area contributed by atoms with Crippen LogP contribution in [0, 0.1) is 10.8 Å². The highest BCUT2D eigenvalue weighted by Gasteiger charge is 2.48. The van der Waals surface area contributed by atoms with Crippen LogP contribution in [0.15, 0.2) is 47.4 Å². The number of hydrogen-bond acceptors (Lipinski definition) is 10. The van der Waals surface area contributed by atoms with Crippen molar-refractivity contribution in [1.29, 1.82) is 0 Å². The van der Waals surface area contributed by atoms with E-state index in [9.17, 15) is 29.4 Å². The van der Waals surface area contributed by atoms with Crippen LogP contribution in [-0.2, 0) is 16.1 Å². The first-order valence-corrected chi connectivity index (χ1v) is 16.0. The van der Waals surface area contributed by atoms with Crippen LogP contribution < -0.4 is 21.9 Å². The Kier molecular flexibility index (Phi) is 10.8. The topological polar surface area (TPSA) is 213 Å². The first-order chi connectivity index (χ1) is 22.2. The van der Waals surface area contributed by atoms with Crippen LogP contribution in [0.1, 0.15) is 95.1 Å². The SMILES string of the molecule is CCC(C)(O)CC(C)(/C=C/CC1(C(=O)CC[C@H](NC(=O)c2ccc(NCc3cnc4nc(N)[nH]c(=O)c4n3)cc2)C(=O)O)CC1)CC. The molecule has 2 unspecified atom stereocenters. The predicted octanol–water partition coefficient (Wildman–Crippen LogP) is 4.13. The smallest absolute Gasteiger partial charge is 0.326 e. The number of allylic oxidation sites excluding steroid dienone is 2. The molecule has 2 aromatic heterocycles. The predicted molar refractivity (Wildman–Crippen MR) is 179 cm³/mol. The number of nitrogens with zero attached hydrogens (tertiary/aromatic N) is 3.